The molecule has 238 valence electrons. The molecule has 0 atom stereocenters. The predicted molar refractivity (Wildman–Crippen MR) is 180 cm³/mol. The minimum Gasteiger partial charge on any atom is -0.306 e. The summed E-state index contributed by atoms with van der Waals surface area (Å²) in [6.07, 6.45) is 3.44. The van der Waals surface area contributed by atoms with E-state index in [4.69, 9.17) is 23.2 Å². The summed E-state index contributed by atoms with van der Waals surface area (Å²) in [5.74, 6) is -0.182. The number of pyridine rings is 2. The van der Waals surface area contributed by atoms with E-state index in [0.29, 0.717) is 51.9 Å². The van der Waals surface area contributed by atoms with Crippen LogP contribution in [0.25, 0.3) is 11.1 Å². The van der Waals surface area contributed by atoms with Gasteiger partial charge < -0.3 is 9.80 Å². The number of nitrogens with zero attached hydrogens (tertiary/aromatic N) is 4. The lowest BCUT2D eigenvalue weighted by molar-refractivity contribution is -0.137. The molecule has 6 nitrogen and oxygen atoms in total. The number of alkyl halides is 3. The van der Waals surface area contributed by atoms with Crippen LogP contribution >= 0.6 is 39.1 Å². The number of benzene rings is 3. The lowest BCUT2D eigenvalue weighted by Gasteiger charge is -2.28. The Balaban J connectivity index is 0.000000177. The van der Waals surface area contributed by atoms with Gasteiger partial charge in [-0.2, -0.15) is 13.2 Å². The molecule has 0 saturated carbocycles. The Morgan fingerprint density at radius 1 is 0.660 bits per heavy atom. The van der Waals surface area contributed by atoms with E-state index in [0.717, 1.165) is 45.4 Å². The summed E-state index contributed by atoms with van der Waals surface area (Å²) >= 11 is 15.3. The second-order valence-corrected chi connectivity index (χ2v) is 12.7. The minimum atomic E-state index is -4.42. The van der Waals surface area contributed by atoms with Crippen LogP contribution in [0.15, 0.2) is 102 Å². The molecule has 12 heteroatoms. The highest BCUT2D eigenvalue weighted by Gasteiger charge is 2.31. The number of hydrogen-bond donors (Lipinski definition) is 0. The van der Waals surface area contributed by atoms with Crippen molar-refractivity contribution in [1.82, 2.24) is 9.97 Å². The van der Waals surface area contributed by atoms with E-state index in [9.17, 15) is 22.8 Å². The van der Waals surface area contributed by atoms with Gasteiger partial charge >= 0.3 is 6.18 Å². The van der Waals surface area contributed by atoms with Crippen LogP contribution in [0.1, 0.15) is 37.4 Å². The Morgan fingerprint density at radius 2 is 1.21 bits per heavy atom. The fourth-order valence-corrected chi connectivity index (χ4v) is 6.31. The molecule has 0 unspecified atom stereocenters. The molecule has 0 aliphatic carbocycles. The molecule has 0 radical (unpaired) electrons. The summed E-state index contributed by atoms with van der Waals surface area (Å²) in [4.78, 5) is 36.9. The molecule has 5 aromatic rings. The van der Waals surface area contributed by atoms with Crippen LogP contribution in [0.4, 0.5) is 24.5 Å². The van der Waals surface area contributed by atoms with Gasteiger partial charge in [-0.3, -0.25) is 19.6 Å². The highest BCUT2D eigenvalue weighted by Crippen LogP contribution is 2.34. The normalized spacial score (nSPS) is 14.3. The Morgan fingerprint density at radius 3 is 1.77 bits per heavy atom. The second-order valence-electron chi connectivity index (χ2n) is 10.9. The van der Waals surface area contributed by atoms with Gasteiger partial charge in [0.15, 0.2) is 0 Å². The van der Waals surface area contributed by atoms with E-state index >= 15 is 0 Å². The maximum Gasteiger partial charge on any atom is 0.416 e. The third-order valence-corrected chi connectivity index (χ3v) is 8.76. The quantitative estimate of drug-likeness (QED) is 0.185. The van der Waals surface area contributed by atoms with Gasteiger partial charge in [0.2, 0.25) is 0 Å². The number of carbonyl (C=O) groups excluding carboxylic acids is 2. The van der Waals surface area contributed by atoms with E-state index in [2.05, 4.69) is 25.9 Å². The lowest BCUT2D eigenvalue weighted by atomic mass is 9.98. The fourth-order valence-electron chi connectivity index (χ4n) is 5.56. The van der Waals surface area contributed by atoms with Gasteiger partial charge in [-0.1, -0.05) is 35.3 Å². The number of fused-ring (bicyclic) bond motifs is 2. The van der Waals surface area contributed by atoms with Crippen molar-refractivity contribution >= 4 is 62.3 Å². The molecule has 3 aromatic carbocycles. The largest absolute Gasteiger partial charge is 0.416 e. The van der Waals surface area contributed by atoms with Gasteiger partial charge in [-0.15, -0.1) is 0 Å². The summed E-state index contributed by atoms with van der Waals surface area (Å²) in [5.41, 5.74) is 4.71. The molecular formula is C35H24BrCl2F3N4O2. The number of amides is 2. The summed E-state index contributed by atoms with van der Waals surface area (Å²) < 4.78 is 39.8. The zero-order valence-corrected chi connectivity index (χ0v) is 27.5. The maximum atomic E-state index is 13.0. The molecule has 0 spiro atoms. The molecule has 2 aliphatic rings. The first kappa shape index (κ1) is 32.7. The summed E-state index contributed by atoms with van der Waals surface area (Å²) in [7, 11) is 0. The van der Waals surface area contributed by atoms with E-state index < -0.39 is 11.7 Å². The van der Waals surface area contributed by atoms with Gasteiger partial charge in [-0.05, 0) is 106 Å². The number of carbonyl (C=O) groups is 2. The van der Waals surface area contributed by atoms with Gasteiger partial charge in [0, 0.05) is 56.7 Å². The highest BCUT2D eigenvalue weighted by atomic mass is 79.9. The van der Waals surface area contributed by atoms with Crippen molar-refractivity contribution in [3.05, 3.63) is 140 Å². The van der Waals surface area contributed by atoms with Crippen LogP contribution in [0, 0.1) is 0 Å². The predicted octanol–water partition coefficient (Wildman–Crippen LogP) is 9.32. The molecule has 0 fully saturated rings. The SMILES string of the molecule is O=C1c2ccc(Cl)cc2CCN1c1cncc(-c2cccc(C(F)(F)F)c2)c1.O=C1c2ccc(Cl)cc2CCN1c1cncc(Br)c1. The standard InChI is InChI=1S/C21H14ClF3N2O.C14H10BrClN2O/c22-17-4-5-19-14(9-17)6-7-27(20(19)28)18-10-15(11-26-12-18)13-2-1-3-16(8-13)21(23,24)25;15-10-6-12(8-17-7-10)18-4-3-9-5-11(16)1-2-13(9)14(18)19/h1-5,8-12H,6-7H2;1-2,5-8H,3-4H2. The number of rotatable bonds is 3. The van der Waals surface area contributed by atoms with Crippen molar-refractivity contribution < 1.29 is 22.8 Å². The summed E-state index contributed by atoms with van der Waals surface area (Å²) in [6.45, 7) is 1.09. The van der Waals surface area contributed by atoms with E-state index in [-0.39, 0.29) is 11.8 Å². The van der Waals surface area contributed by atoms with Crippen LogP contribution in [0.3, 0.4) is 0 Å². The van der Waals surface area contributed by atoms with Crippen LogP contribution in [-0.4, -0.2) is 34.9 Å². The maximum absolute atomic E-state index is 13.0. The van der Waals surface area contributed by atoms with Gasteiger partial charge in [0.1, 0.15) is 0 Å². The number of anilines is 2. The fraction of sp³-hybridized carbons (Fsp3) is 0.143. The van der Waals surface area contributed by atoms with E-state index in [1.54, 1.807) is 64.7 Å². The minimum absolute atomic E-state index is 0.00202. The zero-order chi connectivity index (χ0) is 33.3. The number of aromatic nitrogens is 2. The van der Waals surface area contributed by atoms with Crippen LogP contribution in [0.5, 0.6) is 0 Å². The molecule has 0 N–H and O–H groups in total. The Labute approximate surface area is 286 Å². The first-order chi connectivity index (χ1) is 22.5. The van der Waals surface area contributed by atoms with Crippen LogP contribution in [-0.2, 0) is 19.0 Å². The molecule has 4 heterocycles. The monoisotopic (exact) mass is 738 g/mol. The first-order valence-corrected chi connectivity index (χ1v) is 16.0. The average Bonchev–Trinajstić information content (AvgIpc) is 3.05. The number of halogens is 6. The molecule has 0 saturated heterocycles. The third-order valence-electron chi connectivity index (χ3n) is 7.86. The first-order valence-electron chi connectivity index (χ1n) is 14.4. The molecule has 2 aromatic heterocycles. The molecule has 47 heavy (non-hydrogen) atoms. The van der Waals surface area contributed by atoms with Crippen LogP contribution < -0.4 is 9.80 Å². The third kappa shape index (κ3) is 7.20. The Kier molecular flexibility index (Phi) is 9.36. The van der Waals surface area contributed by atoms with Crippen molar-refractivity contribution in [2.75, 3.05) is 22.9 Å². The van der Waals surface area contributed by atoms with Crippen molar-refractivity contribution in [2.24, 2.45) is 0 Å². The molecule has 2 amide bonds. The topological polar surface area (TPSA) is 66.4 Å². The van der Waals surface area contributed by atoms with Crippen LogP contribution in [0.2, 0.25) is 10.0 Å². The molecule has 2 aliphatic heterocycles. The van der Waals surface area contributed by atoms with E-state index in [1.807, 2.05) is 12.1 Å². The average molecular weight is 740 g/mol. The second kappa shape index (κ2) is 13.5. The Hall–Kier alpha value is -4.25. The zero-order valence-electron chi connectivity index (χ0n) is 24.4. The lowest BCUT2D eigenvalue weighted by Crippen LogP contribution is -2.37. The molecule has 7 rings (SSSR count). The van der Waals surface area contributed by atoms with Crippen molar-refractivity contribution in [1.29, 1.82) is 0 Å². The van der Waals surface area contributed by atoms with Gasteiger partial charge in [-0.25, -0.2) is 0 Å². The summed E-state index contributed by atoms with van der Waals surface area (Å²) in [6, 6.07) is 19.2. The van der Waals surface area contributed by atoms with Crippen molar-refractivity contribution in [2.45, 2.75) is 19.0 Å². The van der Waals surface area contributed by atoms with Crippen molar-refractivity contribution in [3.63, 3.8) is 0 Å². The van der Waals surface area contributed by atoms with Gasteiger partial charge in [0.25, 0.3) is 11.8 Å². The van der Waals surface area contributed by atoms with E-state index in [1.165, 1.54) is 18.5 Å². The number of hydrogen-bond acceptors (Lipinski definition) is 4. The van der Waals surface area contributed by atoms with Crippen molar-refractivity contribution in [3.8, 4) is 11.1 Å². The summed E-state index contributed by atoms with van der Waals surface area (Å²) in [5, 5.41) is 1.25. The highest BCUT2D eigenvalue weighted by molar-refractivity contribution is 9.10. The smallest absolute Gasteiger partial charge is 0.306 e. The molecular weight excluding hydrogens is 716 g/mol. The molecule has 0 bridgehead atoms. The van der Waals surface area contributed by atoms with Gasteiger partial charge in [0.05, 0.1) is 29.3 Å². The Bertz CT molecular complexity index is 2010.